The van der Waals surface area contributed by atoms with Gasteiger partial charge in [-0.05, 0) is 29.8 Å². The third-order valence-corrected chi connectivity index (χ3v) is 2.37. The number of carbonyl (C=O) groups excluding carboxylic acids is 1. The molecule has 2 aromatic rings. The molecule has 0 aliphatic rings. The van der Waals surface area contributed by atoms with Crippen molar-refractivity contribution in [3.05, 3.63) is 34.2 Å². The molecule has 0 saturated carbocycles. The second-order valence-electron chi connectivity index (χ2n) is 3.06. The number of hydrogen-bond acceptors (Lipinski definition) is 3. The van der Waals surface area contributed by atoms with Crippen LogP contribution in [0.5, 0.6) is 0 Å². The average Bonchev–Trinajstić information content (AvgIpc) is 2.15. The van der Waals surface area contributed by atoms with Crippen molar-refractivity contribution in [1.82, 2.24) is 9.97 Å². The molecule has 2 rings (SSSR count). The SMILES string of the molecule is CC(=O)c1nc(Cl)nc2cc(Cl)ccc12. The lowest BCUT2D eigenvalue weighted by Crippen LogP contribution is -2.00. The number of nitrogens with zero attached hydrogens (tertiary/aromatic N) is 2. The van der Waals surface area contributed by atoms with Gasteiger partial charge >= 0.3 is 0 Å². The van der Waals surface area contributed by atoms with Gasteiger partial charge in [0.15, 0.2) is 5.78 Å². The number of rotatable bonds is 1. The summed E-state index contributed by atoms with van der Waals surface area (Å²) in [5, 5.41) is 1.26. The summed E-state index contributed by atoms with van der Waals surface area (Å²) in [5.74, 6) is -0.147. The largest absolute Gasteiger partial charge is 0.293 e. The Kier molecular flexibility index (Phi) is 2.59. The van der Waals surface area contributed by atoms with Crippen LogP contribution in [0.2, 0.25) is 10.3 Å². The molecule has 3 nitrogen and oxygen atoms in total. The first-order valence-electron chi connectivity index (χ1n) is 4.21. The van der Waals surface area contributed by atoms with Crippen LogP contribution < -0.4 is 0 Å². The molecule has 0 radical (unpaired) electrons. The van der Waals surface area contributed by atoms with Crippen LogP contribution in [-0.4, -0.2) is 15.8 Å². The van der Waals surface area contributed by atoms with Gasteiger partial charge in [-0.3, -0.25) is 4.79 Å². The zero-order chi connectivity index (χ0) is 11.0. The van der Waals surface area contributed by atoms with Crippen LogP contribution in [0.1, 0.15) is 17.4 Å². The highest BCUT2D eigenvalue weighted by Gasteiger charge is 2.10. The first-order chi connectivity index (χ1) is 7.08. The summed E-state index contributed by atoms with van der Waals surface area (Å²) in [6.45, 7) is 1.44. The van der Waals surface area contributed by atoms with Crippen LogP contribution >= 0.6 is 23.2 Å². The Balaban J connectivity index is 2.86. The van der Waals surface area contributed by atoms with E-state index in [1.54, 1.807) is 18.2 Å². The lowest BCUT2D eigenvalue weighted by Gasteiger charge is -2.02. The Morgan fingerprint density at radius 1 is 1.27 bits per heavy atom. The first-order valence-corrected chi connectivity index (χ1v) is 4.97. The van der Waals surface area contributed by atoms with Crippen molar-refractivity contribution >= 4 is 39.9 Å². The molecular formula is C10H6Cl2N2O. The van der Waals surface area contributed by atoms with Crippen LogP contribution in [0.4, 0.5) is 0 Å². The summed E-state index contributed by atoms with van der Waals surface area (Å²) >= 11 is 11.5. The number of Topliss-reactive ketones (excluding diaryl/α,β-unsaturated/α-hetero) is 1. The minimum atomic E-state index is -0.147. The Labute approximate surface area is 96.1 Å². The maximum atomic E-state index is 11.3. The normalized spacial score (nSPS) is 10.6. The van der Waals surface area contributed by atoms with Crippen LogP contribution in [0.3, 0.4) is 0 Å². The smallest absolute Gasteiger partial charge is 0.223 e. The fraction of sp³-hybridized carbons (Fsp3) is 0.100. The highest BCUT2D eigenvalue weighted by atomic mass is 35.5. The molecule has 1 aromatic heterocycles. The van der Waals surface area contributed by atoms with Gasteiger partial charge in [0.25, 0.3) is 0 Å². The van der Waals surface area contributed by atoms with Gasteiger partial charge in [0.1, 0.15) is 5.69 Å². The van der Waals surface area contributed by atoms with Crippen LogP contribution in [0.25, 0.3) is 10.9 Å². The summed E-state index contributed by atoms with van der Waals surface area (Å²) in [6, 6.07) is 5.05. The number of aromatic nitrogens is 2. The van der Waals surface area contributed by atoms with E-state index in [4.69, 9.17) is 23.2 Å². The minimum Gasteiger partial charge on any atom is -0.293 e. The lowest BCUT2D eigenvalue weighted by molar-refractivity contribution is 0.101. The molecule has 0 saturated heterocycles. The van der Waals surface area contributed by atoms with E-state index in [1.165, 1.54) is 6.92 Å². The summed E-state index contributed by atoms with van der Waals surface area (Å²) in [7, 11) is 0. The van der Waals surface area contributed by atoms with Crippen molar-refractivity contribution in [2.45, 2.75) is 6.92 Å². The molecule has 0 N–H and O–H groups in total. The summed E-state index contributed by atoms with van der Waals surface area (Å²) in [5.41, 5.74) is 0.898. The van der Waals surface area contributed by atoms with E-state index in [-0.39, 0.29) is 11.1 Å². The second kappa shape index (κ2) is 3.76. The maximum Gasteiger partial charge on any atom is 0.223 e. The van der Waals surface area contributed by atoms with Gasteiger partial charge in [0, 0.05) is 17.3 Å². The molecule has 76 valence electrons. The fourth-order valence-corrected chi connectivity index (χ4v) is 1.68. The molecule has 0 aliphatic carbocycles. The molecule has 0 unspecified atom stereocenters. The fourth-order valence-electron chi connectivity index (χ4n) is 1.34. The Morgan fingerprint density at radius 2 is 2.00 bits per heavy atom. The quantitative estimate of drug-likeness (QED) is 0.569. The number of halogens is 2. The highest BCUT2D eigenvalue weighted by molar-refractivity contribution is 6.31. The second-order valence-corrected chi connectivity index (χ2v) is 3.83. The van der Waals surface area contributed by atoms with Gasteiger partial charge in [-0.15, -0.1) is 0 Å². The minimum absolute atomic E-state index is 0.0509. The van der Waals surface area contributed by atoms with E-state index in [1.807, 2.05) is 0 Å². The molecule has 15 heavy (non-hydrogen) atoms. The molecule has 1 aromatic carbocycles. The molecule has 0 aliphatic heterocycles. The van der Waals surface area contributed by atoms with Crippen LogP contribution in [-0.2, 0) is 0 Å². The molecule has 0 atom stereocenters. The van der Waals surface area contributed by atoms with Gasteiger partial charge in [-0.2, -0.15) is 0 Å². The average molecular weight is 241 g/mol. The third kappa shape index (κ3) is 1.94. The zero-order valence-electron chi connectivity index (χ0n) is 7.79. The van der Waals surface area contributed by atoms with E-state index in [2.05, 4.69) is 9.97 Å². The molecule has 0 fully saturated rings. The molecule has 5 heteroatoms. The number of benzene rings is 1. The Morgan fingerprint density at radius 3 is 2.67 bits per heavy atom. The maximum absolute atomic E-state index is 11.3. The van der Waals surface area contributed by atoms with Crippen molar-refractivity contribution in [2.24, 2.45) is 0 Å². The zero-order valence-corrected chi connectivity index (χ0v) is 9.30. The number of carbonyl (C=O) groups is 1. The van der Waals surface area contributed by atoms with E-state index in [9.17, 15) is 4.79 Å². The molecule has 0 amide bonds. The predicted molar refractivity (Wildman–Crippen MR) is 59.6 cm³/mol. The third-order valence-electron chi connectivity index (χ3n) is 1.97. The van der Waals surface area contributed by atoms with Crippen molar-refractivity contribution in [1.29, 1.82) is 0 Å². The van der Waals surface area contributed by atoms with Crippen LogP contribution in [0, 0.1) is 0 Å². The summed E-state index contributed by atoms with van der Waals surface area (Å²) < 4.78 is 0. The summed E-state index contributed by atoms with van der Waals surface area (Å²) in [4.78, 5) is 19.2. The topological polar surface area (TPSA) is 42.9 Å². The number of fused-ring (bicyclic) bond motifs is 1. The van der Waals surface area contributed by atoms with Gasteiger partial charge in [-0.25, -0.2) is 9.97 Å². The van der Waals surface area contributed by atoms with E-state index in [0.29, 0.717) is 21.6 Å². The number of ketones is 1. The Hall–Kier alpha value is -1.19. The number of hydrogen-bond donors (Lipinski definition) is 0. The van der Waals surface area contributed by atoms with E-state index >= 15 is 0 Å². The molecular weight excluding hydrogens is 235 g/mol. The summed E-state index contributed by atoms with van der Waals surface area (Å²) in [6.07, 6.45) is 0. The molecule has 0 spiro atoms. The van der Waals surface area contributed by atoms with Gasteiger partial charge in [0.05, 0.1) is 5.52 Å². The van der Waals surface area contributed by atoms with Crippen LogP contribution in [0.15, 0.2) is 18.2 Å². The monoisotopic (exact) mass is 240 g/mol. The van der Waals surface area contributed by atoms with Crippen molar-refractivity contribution < 1.29 is 4.79 Å². The van der Waals surface area contributed by atoms with Crippen molar-refractivity contribution in [3.8, 4) is 0 Å². The predicted octanol–water partition coefficient (Wildman–Crippen LogP) is 3.14. The van der Waals surface area contributed by atoms with Gasteiger partial charge in [0.2, 0.25) is 5.28 Å². The van der Waals surface area contributed by atoms with Crippen molar-refractivity contribution in [2.75, 3.05) is 0 Å². The van der Waals surface area contributed by atoms with Crippen molar-refractivity contribution in [3.63, 3.8) is 0 Å². The standard InChI is InChI=1S/C10H6Cl2N2O/c1-5(15)9-7-3-2-6(11)4-8(7)13-10(12)14-9/h2-4H,1H3. The lowest BCUT2D eigenvalue weighted by atomic mass is 10.1. The van der Waals surface area contributed by atoms with E-state index < -0.39 is 0 Å². The highest BCUT2D eigenvalue weighted by Crippen LogP contribution is 2.21. The Bertz CT molecular complexity index is 549. The van der Waals surface area contributed by atoms with E-state index in [0.717, 1.165) is 0 Å². The molecule has 1 heterocycles. The van der Waals surface area contributed by atoms with Gasteiger partial charge in [-0.1, -0.05) is 11.6 Å². The first kappa shape index (κ1) is 10.3. The molecule has 0 bridgehead atoms. The van der Waals surface area contributed by atoms with Gasteiger partial charge < -0.3 is 0 Å².